The van der Waals surface area contributed by atoms with Crippen LogP contribution in [-0.2, 0) is 11.3 Å². The van der Waals surface area contributed by atoms with Crippen LogP contribution in [0.4, 0.5) is 0 Å². The number of hydrogen-bond donors (Lipinski definition) is 1. The van der Waals surface area contributed by atoms with Crippen molar-refractivity contribution in [1.82, 2.24) is 5.32 Å². The predicted molar refractivity (Wildman–Crippen MR) is 84.3 cm³/mol. The minimum absolute atomic E-state index is 0.0575. The summed E-state index contributed by atoms with van der Waals surface area (Å²) in [6.45, 7) is 5.62. The third-order valence-electron chi connectivity index (χ3n) is 3.16. The fraction of sp³-hybridized carbons (Fsp3) is 0.278. The molecule has 1 amide bonds. The van der Waals surface area contributed by atoms with Gasteiger partial charge in [-0.05, 0) is 31.5 Å². The Labute approximate surface area is 126 Å². The van der Waals surface area contributed by atoms with Crippen LogP contribution >= 0.6 is 0 Å². The highest BCUT2D eigenvalue weighted by Gasteiger charge is 2.04. The number of amides is 1. The van der Waals surface area contributed by atoms with Gasteiger partial charge in [-0.2, -0.15) is 0 Å². The lowest BCUT2D eigenvalue weighted by atomic mass is 10.1. The standard InChI is InChI=1S/C18H21NO2/c1-14-5-3-7-16(11-14)13-21-10-9-19-18(20)17-8-4-6-15(2)12-17/h3-8,11-12H,9-10,13H2,1-2H3,(H,19,20). The van der Waals surface area contributed by atoms with Crippen molar-refractivity contribution in [2.75, 3.05) is 13.2 Å². The molecular weight excluding hydrogens is 262 g/mol. The van der Waals surface area contributed by atoms with Crippen LogP contribution < -0.4 is 5.32 Å². The number of carbonyl (C=O) groups is 1. The summed E-state index contributed by atoms with van der Waals surface area (Å²) in [4.78, 5) is 11.9. The largest absolute Gasteiger partial charge is 0.375 e. The highest BCUT2D eigenvalue weighted by Crippen LogP contribution is 2.05. The first-order valence-corrected chi connectivity index (χ1v) is 7.13. The molecule has 21 heavy (non-hydrogen) atoms. The molecule has 0 heterocycles. The van der Waals surface area contributed by atoms with Crippen LogP contribution in [0, 0.1) is 13.8 Å². The van der Waals surface area contributed by atoms with Gasteiger partial charge in [0.1, 0.15) is 0 Å². The molecule has 0 radical (unpaired) electrons. The lowest BCUT2D eigenvalue weighted by molar-refractivity contribution is 0.0901. The van der Waals surface area contributed by atoms with Gasteiger partial charge in [0.15, 0.2) is 0 Å². The Morgan fingerprint density at radius 2 is 1.76 bits per heavy atom. The number of hydrogen-bond acceptors (Lipinski definition) is 2. The first-order chi connectivity index (χ1) is 10.1. The molecule has 0 saturated carbocycles. The zero-order valence-electron chi connectivity index (χ0n) is 12.6. The van der Waals surface area contributed by atoms with Gasteiger partial charge in [-0.25, -0.2) is 0 Å². The van der Waals surface area contributed by atoms with E-state index >= 15 is 0 Å². The van der Waals surface area contributed by atoms with Gasteiger partial charge in [0.25, 0.3) is 5.91 Å². The maximum atomic E-state index is 11.9. The molecule has 0 bridgehead atoms. The minimum Gasteiger partial charge on any atom is -0.375 e. The van der Waals surface area contributed by atoms with Crippen LogP contribution in [0.25, 0.3) is 0 Å². The number of ether oxygens (including phenoxy) is 1. The van der Waals surface area contributed by atoms with Crippen molar-refractivity contribution in [1.29, 1.82) is 0 Å². The van der Waals surface area contributed by atoms with E-state index in [0.29, 0.717) is 25.3 Å². The quantitative estimate of drug-likeness (QED) is 0.826. The van der Waals surface area contributed by atoms with Crippen molar-refractivity contribution in [2.45, 2.75) is 20.5 Å². The Hall–Kier alpha value is -2.13. The SMILES string of the molecule is Cc1cccc(COCCNC(=O)c2cccc(C)c2)c1. The van der Waals surface area contributed by atoms with E-state index in [1.165, 1.54) is 5.56 Å². The molecule has 3 nitrogen and oxygen atoms in total. The molecule has 0 aliphatic rings. The summed E-state index contributed by atoms with van der Waals surface area (Å²) >= 11 is 0. The van der Waals surface area contributed by atoms with Crippen LogP contribution in [0.2, 0.25) is 0 Å². The highest BCUT2D eigenvalue weighted by molar-refractivity contribution is 5.94. The molecule has 0 saturated heterocycles. The van der Waals surface area contributed by atoms with E-state index in [1.807, 2.05) is 43.3 Å². The summed E-state index contributed by atoms with van der Waals surface area (Å²) in [5.41, 5.74) is 4.15. The van der Waals surface area contributed by atoms with E-state index in [0.717, 1.165) is 11.1 Å². The number of aryl methyl sites for hydroxylation is 2. The van der Waals surface area contributed by atoms with Crippen molar-refractivity contribution >= 4 is 5.91 Å². The molecule has 0 unspecified atom stereocenters. The third kappa shape index (κ3) is 5.04. The van der Waals surface area contributed by atoms with E-state index < -0.39 is 0 Å². The van der Waals surface area contributed by atoms with E-state index in [9.17, 15) is 4.79 Å². The summed E-state index contributed by atoms with van der Waals surface area (Å²) in [6.07, 6.45) is 0. The normalized spacial score (nSPS) is 10.4. The summed E-state index contributed by atoms with van der Waals surface area (Å²) in [5.74, 6) is -0.0575. The number of carbonyl (C=O) groups excluding carboxylic acids is 1. The van der Waals surface area contributed by atoms with Crippen LogP contribution in [0.15, 0.2) is 48.5 Å². The van der Waals surface area contributed by atoms with Crippen molar-refractivity contribution in [3.8, 4) is 0 Å². The predicted octanol–water partition coefficient (Wildman–Crippen LogP) is 3.25. The van der Waals surface area contributed by atoms with Crippen LogP contribution in [0.5, 0.6) is 0 Å². The highest BCUT2D eigenvalue weighted by atomic mass is 16.5. The molecule has 0 atom stereocenters. The van der Waals surface area contributed by atoms with Crippen molar-refractivity contribution in [3.05, 3.63) is 70.8 Å². The maximum Gasteiger partial charge on any atom is 0.251 e. The lowest BCUT2D eigenvalue weighted by Crippen LogP contribution is -2.27. The van der Waals surface area contributed by atoms with Crippen molar-refractivity contribution < 1.29 is 9.53 Å². The molecule has 0 aliphatic heterocycles. The van der Waals surface area contributed by atoms with Gasteiger partial charge in [0, 0.05) is 12.1 Å². The summed E-state index contributed by atoms with van der Waals surface area (Å²) in [5, 5.41) is 2.86. The summed E-state index contributed by atoms with van der Waals surface area (Å²) in [7, 11) is 0. The molecule has 0 spiro atoms. The van der Waals surface area contributed by atoms with Gasteiger partial charge < -0.3 is 10.1 Å². The fourth-order valence-electron chi connectivity index (χ4n) is 2.12. The van der Waals surface area contributed by atoms with E-state index in [1.54, 1.807) is 0 Å². The lowest BCUT2D eigenvalue weighted by Gasteiger charge is -2.07. The Bertz CT molecular complexity index is 608. The third-order valence-corrected chi connectivity index (χ3v) is 3.16. The van der Waals surface area contributed by atoms with Crippen LogP contribution in [0.3, 0.4) is 0 Å². The first kappa shape index (κ1) is 15.3. The summed E-state index contributed by atoms with van der Waals surface area (Å²) < 4.78 is 5.57. The van der Waals surface area contributed by atoms with Gasteiger partial charge >= 0.3 is 0 Å². The molecule has 110 valence electrons. The Morgan fingerprint density at radius 1 is 1.05 bits per heavy atom. The average Bonchev–Trinajstić information content (AvgIpc) is 2.47. The number of rotatable bonds is 6. The zero-order valence-corrected chi connectivity index (χ0v) is 12.6. The van der Waals surface area contributed by atoms with E-state index in [2.05, 4.69) is 24.4 Å². The second-order valence-electron chi connectivity index (χ2n) is 5.17. The monoisotopic (exact) mass is 283 g/mol. The first-order valence-electron chi connectivity index (χ1n) is 7.13. The number of nitrogens with one attached hydrogen (secondary N) is 1. The van der Waals surface area contributed by atoms with E-state index in [4.69, 9.17) is 4.74 Å². The second-order valence-corrected chi connectivity index (χ2v) is 5.17. The maximum absolute atomic E-state index is 11.9. The molecule has 2 aromatic carbocycles. The Kier molecular flexibility index (Phi) is 5.52. The van der Waals surface area contributed by atoms with Crippen molar-refractivity contribution in [3.63, 3.8) is 0 Å². The fourth-order valence-corrected chi connectivity index (χ4v) is 2.12. The van der Waals surface area contributed by atoms with E-state index in [-0.39, 0.29) is 5.91 Å². The molecular formula is C18H21NO2. The minimum atomic E-state index is -0.0575. The topological polar surface area (TPSA) is 38.3 Å². The number of benzene rings is 2. The molecule has 0 aliphatic carbocycles. The van der Waals surface area contributed by atoms with Crippen molar-refractivity contribution in [2.24, 2.45) is 0 Å². The molecule has 3 heteroatoms. The van der Waals surface area contributed by atoms with Crippen LogP contribution in [0.1, 0.15) is 27.0 Å². The van der Waals surface area contributed by atoms with Gasteiger partial charge in [-0.3, -0.25) is 4.79 Å². The molecule has 0 aromatic heterocycles. The van der Waals surface area contributed by atoms with Crippen LogP contribution in [-0.4, -0.2) is 19.1 Å². The molecule has 1 N–H and O–H groups in total. The smallest absolute Gasteiger partial charge is 0.251 e. The van der Waals surface area contributed by atoms with Gasteiger partial charge in [-0.15, -0.1) is 0 Å². The van der Waals surface area contributed by atoms with Gasteiger partial charge in [-0.1, -0.05) is 47.5 Å². The Morgan fingerprint density at radius 3 is 2.48 bits per heavy atom. The Balaban J connectivity index is 1.69. The average molecular weight is 283 g/mol. The van der Waals surface area contributed by atoms with Gasteiger partial charge in [0.05, 0.1) is 13.2 Å². The molecule has 0 fully saturated rings. The van der Waals surface area contributed by atoms with Gasteiger partial charge in [0.2, 0.25) is 0 Å². The molecule has 2 aromatic rings. The molecule has 2 rings (SSSR count). The zero-order chi connectivity index (χ0) is 15.1. The second kappa shape index (κ2) is 7.60. The summed E-state index contributed by atoms with van der Waals surface area (Å²) in [6, 6.07) is 15.8.